The summed E-state index contributed by atoms with van der Waals surface area (Å²) in [6.45, 7) is 0.618. The number of methoxy groups -OCH3 is 1. The number of pyridine rings is 1. The molecule has 0 radical (unpaired) electrons. The average molecular weight is 266 g/mol. The van der Waals surface area contributed by atoms with Gasteiger partial charge in [-0.3, -0.25) is 0 Å². The first-order valence-corrected chi connectivity index (χ1v) is 6.30. The molecule has 0 atom stereocenters. The van der Waals surface area contributed by atoms with E-state index < -0.39 is 0 Å². The lowest BCUT2D eigenvalue weighted by atomic mass is 10.2. The number of hydrogen-bond acceptors (Lipinski definition) is 5. The second-order valence-electron chi connectivity index (χ2n) is 4.30. The molecule has 1 aromatic carbocycles. The van der Waals surface area contributed by atoms with Crippen molar-refractivity contribution in [3.63, 3.8) is 0 Å². The van der Waals surface area contributed by atoms with Crippen molar-refractivity contribution in [1.82, 2.24) is 15.2 Å². The molecule has 0 amide bonds. The molecule has 2 heterocycles. The lowest BCUT2D eigenvalue weighted by molar-refractivity contribution is 0.393. The predicted octanol–water partition coefficient (Wildman–Crippen LogP) is 2.65. The fourth-order valence-corrected chi connectivity index (χ4v) is 2.08. The Morgan fingerprint density at radius 2 is 2.05 bits per heavy atom. The number of nitrogens with zero attached hydrogens (tertiary/aromatic N) is 3. The first-order valence-electron chi connectivity index (χ1n) is 6.30. The Hall–Kier alpha value is -2.69. The highest BCUT2D eigenvalue weighted by Gasteiger charge is 2.05. The zero-order chi connectivity index (χ0) is 13.8. The van der Waals surface area contributed by atoms with Crippen molar-refractivity contribution in [2.75, 3.05) is 12.4 Å². The fraction of sp³-hybridized carbons (Fsp3) is 0.133. The van der Waals surface area contributed by atoms with E-state index in [9.17, 15) is 0 Å². The van der Waals surface area contributed by atoms with Crippen LogP contribution in [0.15, 0.2) is 48.8 Å². The fourth-order valence-electron chi connectivity index (χ4n) is 2.08. The van der Waals surface area contributed by atoms with Crippen molar-refractivity contribution >= 4 is 16.6 Å². The normalized spacial score (nSPS) is 10.4. The molecule has 0 fully saturated rings. The largest absolute Gasteiger partial charge is 0.481 e. The number of fused-ring (bicyclic) bond motifs is 1. The van der Waals surface area contributed by atoms with E-state index in [1.165, 1.54) is 0 Å². The van der Waals surface area contributed by atoms with Gasteiger partial charge in [0.25, 0.3) is 0 Å². The van der Waals surface area contributed by atoms with Crippen LogP contribution in [-0.4, -0.2) is 22.3 Å². The van der Waals surface area contributed by atoms with Gasteiger partial charge in [0.2, 0.25) is 5.88 Å². The molecule has 3 rings (SSSR count). The summed E-state index contributed by atoms with van der Waals surface area (Å²) in [5.74, 6) is 0.631. The van der Waals surface area contributed by atoms with E-state index in [0.29, 0.717) is 12.4 Å². The van der Waals surface area contributed by atoms with Crippen LogP contribution < -0.4 is 10.1 Å². The lowest BCUT2D eigenvalue weighted by Gasteiger charge is -2.10. The standard InChI is InChI=1S/C15H14N4O/c1-20-15-11(5-4-8-16-15)9-17-14-10-18-19-13-7-3-2-6-12(13)14/h2-8,10H,9H2,1H3,(H,17,19). The molecule has 2 aromatic heterocycles. The van der Waals surface area contributed by atoms with Crippen molar-refractivity contribution < 1.29 is 4.74 Å². The maximum Gasteiger partial charge on any atom is 0.218 e. The first kappa shape index (κ1) is 12.3. The smallest absolute Gasteiger partial charge is 0.218 e. The van der Waals surface area contributed by atoms with Gasteiger partial charge in [-0.15, -0.1) is 0 Å². The summed E-state index contributed by atoms with van der Waals surface area (Å²) in [6.07, 6.45) is 3.44. The van der Waals surface area contributed by atoms with Crippen LogP contribution in [0.1, 0.15) is 5.56 Å². The Kier molecular flexibility index (Phi) is 3.41. The van der Waals surface area contributed by atoms with Crippen LogP contribution in [0.25, 0.3) is 10.9 Å². The molecule has 0 aliphatic heterocycles. The summed E-state index contributed by atoms with van der Waals surface area (Å²) in [6, 6.07) is 11.8. The van der Waals surface area contributed by atoms with E-state index in [-0.39, 0.29) is 0 Å². The topological polar surface area (TPSA) is 59.9 Å². The Morgan fingerprint density at radius 1 is 1.15 bits per heavy atom. The summed E-state index contributed by atoms with van der Waals surface area (Å²) >= 11 is 0. The van der Waals surface area contributed by atoms with E-state index in [1.807, 2.05) is 36.4 Å². The number of ether oxygens (including phenoxy) is 1. The summed E-state index contributed by atoms with van der Waals surface area (Å²) in [5.41, 5.74) is 2.81. The minimum atomic E-state index is 0.618. The first-order chi connectivity index (χ1) is 9.88. The molecule has 3 aromatic rings. The van der Waals surface area contributed by atoms with Gasteiger partial charge in [-0.1, -0.05) is 24.3 Å². The zero-order valence-electron chi connectivity index (χ0n) is 11.1. The number of anilines is 1. The maximum atomic E-state index is 5.24. The molecule has 5 heteroatoms. The van der Waals surface area contributed by atoms with Gasteiger partial charge in [0.05, 0.1) is 24.5 Å². The van der Waals surface area contributed by atoms with Crippen molar-refractivity contribution in [2.45, 2.75) is 6.54 Å². The molecule has 0 aliphatic rings. The number of aromatic nitrogens is 3. The lowest BCUT2D eigenvalue weighted by Crippen LogP contribution is -2.04. The van der Waals surface area contributed by atoms with Gasteiger partial charge in [0.15, 0.2) is 0 Å². The van der Waals surface area contributed by atoms with E-state index in [1.54, 1.807) is 19.5 Å². The molecule has 0 bridgehead atoms. The molecule has 20 heavy (non-hydrogen) atoms. The maximum absolute atomic E-state index is 5.24. The predicted molar refractivity (Wildman–Crippen MR) is 77.7 cm³/mol. The minimum Gasteiger partial charge on any atom is -0.481 e. The summed E-state index contributed by atoms with van der Waals surface area (Å²) in [5, 5.41) is 12.5. The highest BCUT2D eigenvalue weighted by molar-refractivity contribution is 5.90. The number of rotatable bonds is 4. The Morgan fingerprint density at radius 3 is 2.95 bits per heavy atom. The van der Waals surface area contributed by atoms with Crippen LogP contribution in [0.3, 0.4) is 0 Å². The summed E-state index contributed by atoms with van der Waals surface area (Å²) in [7, 11) is 1.62. The minimum absolute atomic E-state index is 0.618. The third-order valence-electron chi connectivity index (χ3n) is 3.06. The zero-order valence-corrected chi connectivity index (χ0v) is 11.1. The highest BCUT2D eigenvalue weighted by Crippen LogP contribution is 2.22. The van der Waals surface area contributed by atoms with E-state index in [0.717, 1.165) is 22.2 Å². The van der Waals surface area contributed by atoms with Crippen molar-refractivity contribution in [3.8, 4) is 5.88 Å². The molecule has 100 valence electrons. The van der Waals surface area contributed by atoms with Crippen molar-refractivity contribution in [1.29, 1.82) is 0 Å². The van der Waals surface area contributed by atoms with Crippen LogP contribution in [0.2, 0.25) is 0 Å². The number of nitrogens with one attached hydrogen (secondary N) is 1. The average Bonchev–Trinajstić information content (AvgIpc) is 2.53. The third kappa shape index (κ3) is 2.38. The SMILES string of the molecule is COc1ncccc1CNc1cnnc2ccccc12. The van der Waals surface area contributed by atoms with Gasteiger partial charge in [0.1, 0.15) is 0 Å². The Balaban J connectivity index is 1.87. The molecule has 0 saturated carbocycles. The van der Waals surface area contributed by atoms with Gasteiger partial charge < -0.3 is 10.1 Å². The van der Waals surface area contributed by atoms with Crippen LogP contribution in [0.5, 0.6) is 5.88 Å². The second-order valence-corrected chi connectivity index (χ2v) is 4.30. The van der Waals surface area contributed by atoms with Crippen LogP contribution in [0, 0.1) is 0 Å². The molecule has 1 N–H and O–H groups in total. The molecule has 0 aliphatic carbocycles. The van der Waals surface area contributed by atoms with E-state index in [2.05, 4.69) is 20.5 Å². The summed E-state index contributed by atoms with van der Waals surface area (Å²) in [4.78, 5) is 4.18. The van der Waals surface area contributed by atoms with Crippen LogP contribution in [-0.2, 0) is 6.54 Å². The van der Waals surface area contributed by atoms with Gasteiger partial charge in [-0.25, -0.2) is 4.98 Å². The Bertz CT molecular complexity index is 724. The molecular formula is C15H14N4O. The van der Waals surface area contributed by atoms with E-state index in [4.69, 9.17) is 4.74 Å². The Labute approximate surface area is 116 Å². The summed E-state index contributed by atoms with van der Waals surface area (Å²) < 4.78 is 5.24. The molecule has 0 saturated heterocycles. The van der Waals surface area contributed by atoms with Gasteiger partial charge in [-0.05, 0) is 12.1 Å². The van der Waals surface area contributed by atoms with Crippen molar-refractivity contribution in [2.24, 2.45) is 0 Å². The third-order valence-corrected chi connectivity index (χ3v) is 3.06. The van der Waals surface area contributed by atoms with E-state index >= 15 is 0 Å². The second kappa shape index (κ2) is 5.52. The van der Waals surface area contributed by atoms with Gasteiger partial charge >= 0.3 is 0 Å². The monoisotopic (exact) mass is 266 g/mol. The number of benzene rings is 1. The van der Waals surface area contributed by atoms with Gasteiger partial charge in [-0.2, -0.15) is 10.2 Å². The molecular weight excluding hydrogens is 252 g/mol. The van der Waals surface area contributed by atoms with Crippen LogP contribution >= 0.6 is 0 Å². The molecule has 0 spiro atoms. The molecule has 0 unspecified atom stereocenters. The van der Waals surface area contributed by atoms with Crippen molar-refractivity contribution in [3.05, 3.63) is 54.4 Å². The quantitative estimate of drug-likeness (QED) is 0.786. The highest BCUT2D eigenvalue weighted by atomic mass is 16.5. The molecule has 5 nitrogen and oxygen atoms in total. The number of hydrogen-bond donors (Lipinski definition) is 1. The van der Waals surface area contributed by atoms with Crippen LogP contribution in [0.4, 0.5) is 5.69 Å². The van der Waals surface area contributed by atoms with Gasteiger partial charge in [0, 0.05) is 23.7 Å².